The van der Waals surface area contributed by atoms with Crippen LogP contribution in [0.3, 0.4) is 0 Å². The zero-order valence-electron chi connectivity index (χ0n) is 8.83. The van der Waals surface area contributed by atoms with Gasteiger partial charge in [0.2, 0.25) is 5.95 Å². The summed E-state index contributed by atoms with van der Waals surface area (Å²) in [6, 6.07) is 5.95. The van der Waals surface area contributed by atoms with Crippen LogP contribution >= 0.6 is 0 Å². The van der Waals surface area contributed by atoms with E-state index in [0.717, 1.165) is 16.6 Å². The van der Waals surface area contributed by atoms with Crippen molar-refractivity contribution < 1.29 is 0 Å². The lowest BCUT2D eigenvalue weighted by molar-refractivity contribution is 0.940. The highest BCUT2D eigenvalue weighted by atomic mass is 15.2. The Kier molecular flexibility index (Phi) is 1.93. The SMILES string of the molecule is Cc1cnc(-n2ccc3cccnc32)nc1. The zero-order valence-corrected chi connectivity index (χ0v) is 8.83. The minimum absolute atomic E-state index is 0.652. The molecule has 4 heteroatoms. The Balaban J connectivity index is 2.22. The Morgan fingerprint density at radius 1 is 1.06 bits per heavy atom. The minimum atomic E-state index is 0.652. The van der Waals surface area contributed by atoms with Gasteiger partial charge in [0.15, 0.2) is 0 Å². The summed E-state index contributed by atoms with van der Waals surface area (Å²) in [5, 5.41) is 1.09. The summed E-state index contributed by atoms with van der Waals surface area (Å²) in [6.07, 6.45) is 7.31. The predicted octanol–water partition coefficient (Wildman–Crippen LogP) is 2.12. The Labute approximate surface area is 92.6 Å². The quantitative estimate of drug-likeness (QED) is 0.618. The molecule has 0 saturated carbocycles. The van der Waals surface area contributed by atoms with Crippen LogP contribution in [0, 0.1) is 6.92 Å². The number of hydrogen-bond donors (Lipinski definition) is 0. The Morgan fingerprint density at radius 3 is 2.69 bits per heavy atom. The van der Waals surface area contributed by atoms with Crippen LogP contribution in [-0.2, 0) is 0 Å². The summed E-state index contributed by atoms with van der Waals surface area (Å²) >= 11 is 0. The first-order valence-corrected chi connectivity index (χ1v) is 5.06. The van der Waals surface area contributed by atoms with E-state index in [0.29, 0.717) is 5.95 Å². The maximum Gasteiger partial charge on any atom is 0.235 e. The lowest BCUT2D eigenvalue weighted by Crippen LogP contribution is -2.00. The highest BCUT2D eigenvalue weighted by Crippen LogP contribution is 2.15. The van der Waals surface area contributed by atoms with E-state index < -0.39 is 0 Å². The summed E-state index contributed by atoms with van der Waals surface area (Å²) in [5.41, 5.74) is 1.93. The number of nitrogens with zero attached hydrogens (tertiary/aromatic N) is 4. The van der Waals surface area contributed by atoms with Crippen LogP contribution in [0.4, 0.5) is 0 Å². The average Bonchev–Trinajstić information content (AvgIpc) is 2.74. The van der Waals surface area contributed by atoms with E-state index in [2.05, 4.69) is 15.0 Å². The van der Waals surface area contributed by atoms with Gasteiger partial charge in [-0.15, -0.1) is 0 Å². The van der Waals surface area contributed by atoms with E-state index in [4.69, 9.17) is 0 Å². The molecule has 78 valence electrons. The molecule has 3 aromatic rings. The van der Waals surface area contributed by atoms with Crippen molar-refractivity contribution in [2.75, 3.05) is 0 Å². The molecule has 0 amide bonds. The highest BCUT2D eigenvalue weighted by molar-refractivity contribution is 5.77. The van der Waals surface area contributed by atoms with Gasteiger partial charge in [0, 0.05) is 30.2 Å². The van der Waals surface area contributed by atoms with Crippen molar-refractivity contribution in [2.45, 2.75) is 6.92 Å². The second-order valence-corrected chi connectivity index (χ2v) is 3.66. The number of hydrogen-bond acceptors (Lipinski definition) is 3. The van der Waals surface area contributed by atoms with Crippen LogP contribution in [0.5, 0.6) is 0 Å². The molecule has 0 saturated heterocycles. The first kappa shape index (κ1) is 9.03. The summed E-state index contributed by atoms with van der Waals surface area (Å²) in [5.74, 6) is 0.652. The lowest BCUT2D eigenvalue weighted by Gasteiger charge is -2.01. The molecule has 16 heavy (non-hydrogen) atoms. The number of aromatic nitrogens is 4. The molecule has 0 unspecified atom stereocenters. The van der Waals surface area contributed by atoms with Gasteiger partial charge < -0.3 is 0 Å². The molecule has 0 bridgehead atoms. The second-order valence-electron chi connectivity index (χ2n) is 3.66. The molecular weight excluding hydrogens is 200 g/mol. The maximum atomic E-state index is 4.32. The minimum Gasteiger partial charge on any atom is -0.269 e. The monoisotopic (exact) mass is 210 g/mol. The van der Waals surface area contributed by atoms with E-state index in [-0.39, 0.29) is 0 Å². The molecule has 0 aliphatic rings. The molecule has 0 aliphatic heterocycles. The van der Waals surface area contributed by atoms with E-state index in [9.17, 15) is 0 Å². The van der Waals surface area contributed by atoms with Gasteiger partial charge in [0.05, 0.1) is 0 Å². The van der Waals surface area contributed by atoms with Gasteiger partial charge in [-0.3, -0.25) is 4.57 Å². The molecular formula is C12H10N4. The lowest BCUT2D eigenvalue weighted by atomic mass is 10.3. The number of aryl methyl sites for hydroxylation is 1. The van der Waals surface area contributed by atoms with Crippen molar-refractivity contribution in [3.8, 4) is 5.95 Å². The van der Waals surface area contributed by atoms with Gasteiger partial charge in [-0.2, -0.15) is 0 Å². The first-order valence-electron chi connectivity index (χ1n) is 5.06. The Bertz CT molecular complexity index is 625. The van der Waals surface area contributed by atoms with Crippen LogP contribution in [0.2, 0.25) is 0 Å². The maximum absolute atomic E-state index is 4.32. The first-order chi connectivity index (χ1) is 7.84. The summed E-state index contributed by atoms with van der Waals surface area (Å²) in [6.45, 7) is 1.97. The van der Waals surface area contributed by atoms with Crippen molar-refractivity contribution in [1.82, 2.24) is 19.5 Å². The average molecular weight is 210 g/mol. The van der Waals surface area contributed by atoms with Crippen LogP contribution in [0.15, 0.2) is 43.0 Å². The molecule has 0 atom stereocenters. The normalized spacial score (nSPS) is 10.8. The van der Waals surface area contributed by atoms with Crippen molar-refractivity contribution >= 4 is 11.0 Å². The van der Waals surface area contributed by atoms with Gasteiger partial charge in [-0.25, -0.2) is 15.0 Å². The largest absolute Gasteiger partial charge is 0.269 e. The summed E-state index contributed by atoms with van der Waals surface area (Å²) < 4.78 is 1.88. The van der Waals surface area contributed by atoms with Crippen LogP contribution in [0.25, 0.3) is 17.0 Å². The second kappa shape index (κ2) is 3.41. The topological polar surface area (TPSA) is 43.6 Å². The van der Waals surface area contributed by atoms with Crippen molar-refractivity contribution in [2.24, 2.45) is 0 Å². The number of fused-ring (bicyclic) bond motifs is 1. The van der Waals surface area contributed by atoms with Gasteiger partial charge in [-0.1, -0.05) is 0 Å². The molecule has 0 N–H and O–H groups in total. The van der Waals surface area contributed by atoms with Crippen molar-refractivity contribution in [3.63, 3.8) is 0 Å². The van der Waals surface area contributed by atoms with E-state index in [1.54, 1.807) is 18.6 Å². The molecule has 0 aromatic carbocycles. The third kappa shape index (κ3) is 1.35. The molecule has 0 fully saturated rings. The number of rotatable bonds is 1. The molecule has 0 aliphatic carbocycles. The van der Waals surface area contributed by atoms with E-state index >= 15 is 0 Å². The fraction of sp³-hybridized carbons (Fsp3) is 0.0833. The third-order valence-electron chi connectivity index (χ3n) is 2.43. The predicted molar refractivity (Wildman–Crippen MR) is 61.4 cm³/mol. The fourth-order valence-corrected chi connectivity index (χ4v) is 1.64. The van der Waals surface area contributed by atoms with Crippen LogP contribution in [-0.4, -0.2) is 19.5 Å². The molecule has 3 rings (SSSR count). The smallest absolute Gasteiger partial charge is 0.235 e. The van der Waals surface area contributed by atoms with Gasteiger partial charge >= 0.3 is 0 Å². The van der Waals surface area contributed by atoms with Crippen LogP contribution in [0.1, 0.15) is 5.56 Å². The zero-order chi connectivity index (χ0) is 11.0. The van der Waals surface area contributed by atoms with Crippen LogP contribution < -0.4 is 0 Å². The summed E-state index contributed by atoms with van der Waals surface area (Å²) in [7, 11) is 0. The number of pyridine rings is 1. The molecule has 3 heterocycles. The summed E-state index contributed by atoms with van der Waals surface area (Å²) in [4.78, 5) is 12.9. The van der Waals surface area contributed by atoms with Crippen molar-refractivity contribution in [1.29, 1.82) is 0 Å². The highest BCUT2D eigenvalue weighted by Gasteiger charge is 2.04. The van der Waals surface area contributed by atoms with E-state index in [1.165, 1.54) is 0 Å². The van der Waals surface area contributed by atoms with Gasteiger partial charge in [0.25, 0.3) is 0 Å². The Hall–Kier alpha value is -2.23. The van der Waals surface area contributed by atoms with E-state index in [1.807, 2.05) is 35.9 Å². The standard InChI is InChI=1S/C12H10N4/c1-9-7-14-12(15-8-9)16-6-4-10-3-2-5-13-11(10)16/h2-8H,1H3. The van der Waals surface area contributed by atoms with Crippen molar-refractivity contribution in [3.05, 3.63) is 48.5 Å². The fourth-order valence-electron chi connectivity index (χ4n) is 1.64. The molecule has 0 spiro atoms. The molecule has 4 nitrogen and oxygen atoms in total. The van der Waals surface area contributed by atoms with Gasteiger partial charge in [0.1, 0.15) is 5.65 Å². The molecule has 3 aromatic heterocycles. The van der Waals surface area contributed by atoms with Gasteiger partial charge in [-0.05, 0) is 30.7 Å². The Morgan fingerprint density at radius 2 is 1.88 bits per heavy atom. The molecule has 0 radical (unpaired) electrons. The third-order valence-corrected chi connectivity index (χ3v) is 2.43.